The summed E-state index contributed by atoms with van der Waals surface area (Å²) in [6.45, 7) is 0. The van der Waals surface area contributed by atoms with Gasteiger partial charge in [0.1, 0.15) is 11.0 Å². The number of hydrogen-bond donors (Lipinski definition) is 0. The average Bonchev–Trinajstić information content (AvgIpc) is 2.73. The van der Waals surface area contributed by atoms with Gasteiger partial charge in [-0.3, -0.25) is 0 Å². The minimum atomic E-state index is 0.653. The van der Waals surface area contributed by atoms with Crippen LogP contribution in [-0.2, 0) is 0 Å². The van der Waals surface area contributed by atoms with Crippen LogP contribution in [0.1, 0.15) is 0 Å². The fourth-order valence-corrected chi connectivity index (χ4v) is 1.63. The molecule has 1 aromatic carbocycles. The van der Waals surface area contributed by atoms with Crippen molar-refractivity contribution in [2.45, 2.75) is 0 Å². The molecule has 3 aromatic rings. The Kier molecular flexibility index (Phi) is 2.08. The summed E-state index contributed by atoms with van der Waals surface area (Å²) in [6, 6.07) is 11.0. The zero-order valence-corrected chi connectivity index (χ0v) is 8.96. The van der Waals surface area contributed by atoms with E-state index in [4.69, 9.17) is 11.6 Å². The van der Waals surface area contributed by atoms with E-state index in [0.29, 0.717) is 10.8 Å². The van der Waals surface area contributed by atoms with Crippen LogP contribution in [0, 0.1) is 0 Å². The van der Waals surface area contributed by atoms with Gasteiger partial charge in [-0.1, -0.05) is 17.7 Å². The smallest absolute Gasteiger partial charge is 0.174 e. The molecule has 16 heavy (non-hydrogen) atoms. The molecule has 0 N–H and O–H groups in total. The van der Waals surface area contributed by atoms with Gasteiger partial charge < -0.3 is 0 Å². The molecule has 2 aromatic heterocycles. The van der Waals surface area contributed by atoms with Crippen molar-refractivity contribution in [2.75, 3.05) is 0 Å². The molecule has 0 aliphatic carbocycles. The SMILES string of the molecule is Clc1ccc2nn(-c3ccccn3)nc2c1. The van der Waals surface area contributed by atoms with Crippen molar-refractivity contribution in [3.8, 4) is 5.82 Å². The molecule has 0 fully saturated rings. The van der Waals surface area contributed by atoms with Gasteiger partial charge in [0.2, 0.25) is 0 Å². The van der Waals surface area contributed by atoms with E-state index >= 15 is 0 Å². The van der Waals surface area contributed by atoms with Gasteiger partial charge in [0, 0.05) is 11.2 Å². The summed E-state index contributed by atoms with van der Waals surface area (Å²) in [5.74, 6) is 0.690. The Hall–Kier alpha value is -1.94. The predicted molar refractivity (Wildman–Crippen MR) is 61.7 cm³/mol. The lowest BCUT2D eigenvalue weighted by molar-refractivity contribution is 0.742. The highest BCUT2D eigenvalue weighted by Crippen LogP contribution is 2.16. The lowest BCUT2D eigenvalue weighted by atomic mass is 10.3. The topological polar surface area (TPSA) is 43.6 Å². The third-order valence-corrected chi connectivity index (χ3v) is 2.43. The molecule has 0 saturated carbocycles. The lowest BCUT2D eigenvalue weighted by Gasteiger charge is -1.94. The first-order chi connectivity index (χ1) is 7.83. The molecule has 0 aliphatic rings. The van der Waals surface area contributed by atoms with Crippen LogP contribution < -0.4 is 0 Å². The maximum Gasteiger partial charge on any atom is 0.174 e. The van der Waals surface area contributed by atoms with Crippen molar-refractivity contribution in [3.05, 3.63) is 47.6 Å². The summed E-state index contributed by atoms with van der Waals surface area (Å²) in [6.07, 6.45) is 1.70. The molecule has 0 unspecified atom stereocenters. The molecule has 4 nitrogen and oxygen atoms in total. The van der Waals surface area contributed by atoms with Crippen LogP contribution in [-0.4, -0.2) is 20.0 Å². The van der Waals surface area contributed by atoms with Crippen LogP contribution in [0.4, 0.5) is 0 Å². The molecule has 2 heterocycles. The number of fused-ring (bicyclic) bond motifs is 1. The molecular formula is C11H7ClN4. The van der Waals surface area contributed by atoms with Gasteiger partial charge in [0.25, 0.3) is 0 Å². The van der Waals surface area contributed by atoms with Gasteiger partial charge in [-0.15, -0.1) is 15.0 Å². The highest BCUT2D eigenvalue weighted by molar-refractivity contribution is 6.31. The molecule has 0 saturated heterocycles. The fraction of sp³-hybridized carbons (Fsp3) is 0. The van der Waals surface area contributed by atoms with E-state index in [0.717, 1.165) is 11.0 Å². The van der Waals surface area contributed by atoms with Crippen molar-refractivity contribution in [3.63, 3.8) is 0 Å². The van der Waals surface area contributed by atoms with Crippen LogP contribution in [0.25, 0.3) is 16.9 Å². The second kappa shape index (κ2) is 3.57. The number of hydrogen-bond acceptors (Lipinski definition) is 3. The molecule has 0 atom stereocenters. The largest absolute Gasteiger partial charge is 0.236 e. The van der Waals surface area contributed by atoms with E-state index in [1.807, 2.05) is 24.3 Å². The normalized spacial score (nSPS) is 10.8. The predicted octanol–water partition coefficient (Wildman–Crippen LogP) is 2.47. The van der Waals surface area contributed by atoms with Gasteiger partial charge in [-0.2, -0.15) is 0 Å². The zero-order chi connectivity index (χ0) is 11.0. The monoisotopic (exact) mass is 230 g/mol. The highest BCUT2D eigenvalue weighted by Gasteiger charge is 2.04. The number of rotatable bonds is 1. The summed E-state index contributed by atoms with van der Waals surface area (Å²) in [5.41, 5.74) is 1.56. The molecule has 0 spiro atoms. The van der Waals surface area contributed by atoms with Crippen LogP contribution in [0.5, 0.6) is 0 Å². The molecule has 0 radical (unpaired) electrons. The third kappa shape index (κ3) is 1.53. The number of nitrogens with zero attached hydrogens (tertiary/aromatic N) is 4. The van der Waals surface area contributed by atoms with E-state index in [9.17, 15) is 0 Å². The Morgan fingerprint density at radius 3 is 2.69 bits per heavy atom. The van der Waals surface area contributed by atoms with Crippen LogP contribution in [0.15, 0.2) is 42.6 Å². The quantitative estimate of drug-likeness (QED) is 0.645. The van der Waals surface area contributed by atoms with Crippen LogP contribution in [0.3, 0.4) is 0 Å². The lowest BCUT2D eigenvalue weighted by Crippen LogP contribution is -2.00. The van der Waals surface area contributed by atoms with Gasteiger partial charge in [0.05, 0.1) is 0 Å². The summed E-state index contributed by atoms with van der Waals surface area (Å²) in [7, 11) is 0. The van der Waals surface area contributed by atoms with Gasteiger partial charge in [-0.05, 0) is 30.3 Å². The number of aromatic nitrogens is 4. The second-order valence-corrected chi connectivity index (χ2v) is 3.75. The van der Waals surface area contributed by atoms with E-state index < -0.39 is 0 Å². The van der Waals surface area contributed by atoms with E-state index in [-0.39, 0.29) is 0 Å². The van der Waals surface area contributed by atoms with E-state index in [1.165, 1.54) is 4.80 Å². The van der Waals surface area contributed by atoms with Crippen molar-refractivity contribution < 1.29 is 0 Å². The maximum atomic E-state index is 5.88. The molecule has 0 amide bonds. The molecular weight excluding hydrogens is 224 g/mol. The molecule has 0 bridgehead atoms. The van der Waals surface area contributed by atoms with Crippen molar-refractivity contribution >= 4 is 22.6 Å². The Morgan fingerprint density at radius 1 is 1.00 bits per heavy atom. The third-order valence-electron chi connectivity index (χ3n) is 2.20. The Bertz CT molecular complexity index is 633. The van der Waals surface area contributed by atoms with E-state index in [2.05, 4.69) is 15.2 Å². The minimum absolute atomic E-state index is 0.653. The summed E-state index contributed by atoms with van der Waals surface area (Å²) in [4.78, 5) is 5.67. The molecule has 5 heteroatoms. The molecule has 0 aliphatic heterocycles. The highest BCUT2D eigenvalue weighted by atomic mass is 35.5. The first-order valence-electron chi connectivity index (χ1n) is 4.77. The molecule has 3 rings (SSSR count). The minimum Gasteiger partial charge on any atom is -0.236 e. The average molecular weight is 231 g/mol. The van der Waals surface area contributed by atoms with Gasteiger partial charge in [0.15, 0.2) is 5.82 Å². The molecule has 78 valence electrons. The summed E-state index contributed by atoms with van der Waals surface area (Å²) >= 11 is 5.88. The summed E-state index contributed by atoms with van der Waals surface area (Å²) in [5, 5.41) is 9.26. The van der Waals surface area contributed by atoms with Gasteiger partial charge >= 0.3 is 0 Å². The Morgan fingerprint density at radius 2 is 1.88 bits per heavy atom. The number of benzene rings is 1. The summed E-state index contributed by atoms with van der Waals surface area (Å²) < 4.78 is 0. The van der Waals surface area contributed by atoms with Crippen LogP contribution in [0.2, 0.25) is 5.02 Å². The van der Waals surface area contributed by atoms with E-state index in [1.54, 1.807) is 18.3 Å². The fourth-order valence-electron chi connectivity index (χ4n) is 1.46. The Labute approximate surface area is 96.5 Å². The van der Waals surface area contributed by atoms with Crippen LogP contribution >= 0.6 is 11.6 Å². The van der Waals surface area contributed by atoms with Gasteiger partial charge in [-0.25, -0.2) is 4.98 Å². The van der Waals surface area contributed by atoms with Crippen molar-refractivity contribution in [2.24, 2.45) is 0 Å². The number of pyridine rings is 1. The van der Waals surface area contributed by atoms with Crippen molar-refractivity contribution in [1.82, 2.24) is 20.0 Å². The first-order valence-corrected chi connectivity index (χ1v) is 5.15. The first kappa shape index (κ1) is 9.30. The second-order valence-electron chi connectivity index (χ2n) is 3.31. The maximum absolute atomic E-state index is 5.88. The zero-order valence-electron chi connectivity index (χ0n) is 8.21. The van der Waals surface area contributed by atoms with Crippen molar-refractivity contribution in [1.29, 1.82) is 0 Å². The number of halogens is 1. The Balaban J connectivity index is 2.19. The standard InChI is InChI=1S/C11H7ClN4/c12-8-4-5-9-10(7-8)15-16(14-9)11-3-1-2-6-13-11/h1-7H.